The minimum atomic E-state index is -0.305. The topological polar surface area (TPSA) is 38.0 Å². The van der Waals surface area contributed by atoms with E-state index in [1.54, 1.807) is 12.1 Å². The first-order valence-electron chi connectivity index (χ1n) is 5.91. The maximum atomic E-state index is 13.7. The van der Waals surface area contributed by atoms with Gasteiger partial charge in [0.05, 0.1) is 5.69 Å². The second-order valence-electron chi connectivity index (χ2n) is 4.52. The zero-order valence-electron chi connectivity index (χ0n) is 10.8. The predicted octanol–water partition coefficient (Wildman–Crippen LogP) is 3.82. The van der Waals surface area contributed by atoms with Crippen LogP contribution >= 0.6 is 12.2 Å². The zero-order valence-corrected chi connectivity index (χ0v) is 11.6. The maximum absolute atomic E-state index is 13.7. The van der Waals surface area contributed by atoms with E-state index in [1.165, 1.54) is 6.07 Å². The van der Waals surface area contributed by atoms with Crippen LogP contribution < -0.4 is 11.1 Å². The van der Waals surface area contributed by atoms with Gasteiger partial charge in [-0.05, 0) is 43.7 Å². The number of rotatable bonds is 3. The van der Waals surface area contributed by atoms with Gasteiger partial charge in [0.1, 0.15) is 10.8 Å². The molecule has 0 aliphatic carbocycles. The summed E-state index contributed by atoms with van der Waals surface area (Å²) in [5.74, 6) is -0.305. The lowest BCUT2D eigenvalue weighted by atomic mass is 10.1. The van der Waals surface area contributed by atoms with Crippen molar-refractivity contribution in [3.8, 4) is 0 Å². The Bertz CT molecular complexity index is 638. The molecule has 0 saturated carbocycles. The van der Waals surface area contributed by atoms with Crippen molar-refractivity contribution in [3.05, 3.63) is 58.9 Å². The molecule has 2 rings (SSSR count). The lowest BCUT2D eigenvalue weighted by Crippen LogP contribution is -2.12. The van der Waals surface area contributed by atoms with E-state index in [0.29, 0.717) is 16.4 Å². The molecule has 2 aromatic rings. The summed E-state index contributed by atoms with van der Waals surface area (Å²) in [5, 5.41) is 3.05. The molecule has 0 bridgehead atoms. The number of hydrogen-bond acceptors (Lipinski definition) is 2. The number of aryl methyl sites for hydroxylation is 2. The van der Waals surface area contributed by atoms with E-state index in [2.05, 4.69) is 5.32 Å². The molecule has 0 unspecified atom stereocenters. The first-order valence-corrected chi connectivity index (χ1v) is 6.32. The third-order valence-corrected chi connectivity index (χ3v) is 3.05. The highest BCUT2D eigenvalue weighted by Gasteiger charge is 2.08. The molecule has 0 aromatic heterocycles. The highest BCUT2D eigenvalue weighted by Crippen LogP contribution is 2.25. The number of halogens is 1. The monoisotopic (exact) mass is 274 g/mol. The SMILES string of the molecule is Cc1ccc(F)c(Nc2ccc(C)cc2C(N)=S)c1. The minimum absolute atomic E-state index is 0.291. The van der Waals surface area contributed by atoms with Crippen LogP contribution in [0.2, 0.25) is 0 Å². The van der Waals surface area contributed by atoms with Gasteiger partial charge in [-0.3, -0.25) is 0 Å². The van der Waals surface area contributed by atoms with E-state index in [0.717, 1.165) is 16.7 Å². The second-order valence-corrected chi connectivity index (χ2v) is 4.96. The summed E-state index contributed by atoms with van der Waals surface area (Å²) in [4.78, 5) is 0.291. The fourth-order valence-electron chi connectivity index (χ4n) is 1.85. The fraction of sp³-hybridized carbons (Fsp3) is 0.133. The van der Waals surface area contributed by atoms with E-state index in [9.17, 15) is 4.39 Å². The summed E-state index contributed by atoms with van der Waals surface area (Å²) in [7, 11) is 0. The van der Waals surface area contributed by atoms with Gasteiger partial charge >= 0.3 is 0 Å². The summed E-state index contributed by atoms with van der Waals surface area (Å²) in [6.07, 6.45) is 0. The molecular formula is C15H15FN2S. The molecule has 0 radical (unpaired) electrons. The Kier molecular flexibility index (Phi) is 3.81. The smallest absolute Gasteiger partial charge is 0.146 e. The van der Waals surface area contributed by atoms with Gasteiger partial charge in [0.25, 0.3) is 0 Å². The van der Waals surface area contributed by atoms with Crippen LogP contribution in [-0.4, -0.2) is 4.99 Å². The Morgan fingerprint density at radius 2 is 1.68 bits per heavy atom. The van der Waals surface area contributed by atoms with Crippen LogP contribution in [0.1, 0.15) is 16.7 Å². The Morgan fingerprint density at radius 1 is 1.05 bits per heavy atom. The van der Waals surface area contributed by atoms with Gasteiger partial charge in [-0.15, -0.1) is 0 Å². The molecule has 0 aliphatic rings. The summed E-state index contributed by atoms with van der Waals surface area (Å²) >= 11 is 5.03. The van der Waals surface area contributed by atoms with Crippen molar-refractivity contribution in [3.63, 3.8) is 0 Å². The fourth-order valence-corrected chi connectivity index (χ4v) is 2.02. The standard InChI is InChI=1S/C15H15FN2S/c1-9-4-6-13(11(7-9)15(17)19)18-14-8-10(2)3-5-12(14)16/h3-8,18H,1-2H3,(H2,17,19). The number of hydrogen-bond donors (Lipinski definition) is 2. The van der Waals surface area contributed by atoms with Crippen LogP contribution in [0.25, 0.3) is 0 Å². The van der Waals surface area contributed by atoms with Crippen molar-refractivity contribution in [1.29, 1.82) is 0 Å². The first-order chi connectivity index (χ1) is 8.97. The summed E-state index contributed by atoms with van der Waals surface area (Å²) in [5.41, 5.74) is 9.58. The van der Waals surface area contributed by atoms with E-state index in [4.69, 9.17) is 18.0 Å². The molecule has 3 N–H and O–H groups in total. The highest BCUT2D eigenvalue weighted by molar-refractivity contribution is 7.80. The van der Waals surface area contributed by atoms with Crippen molar-refractivity contribution in [2.24, 2.45) is 5.73 Å². The molecule has 2 aromatic carbocycles. The second kappa shape index (κ2) is 5.36. The molecule has 98 valence electrons. The normalized spacial score (nSPS) is 10.3. The minimum Gasteiger partial charge on any atom is -0.389 e. The van der Waals surface area contributed by atoms with Gasteiger partial charge in [0, 0.05) is 11.3 Å². The summed E-state index contributed by atoms with van der Waals surface area (Å²) in [6.45, 7) is 3.87. The highest BCUT2D eigenvalue weighted by atomic mass is 32.1. The first kappa shape index (κ1) is 13.5. The van der Waals surface area contributed by atoms with Gasteiger partial charge in [-0.1, -0.05) is 29.9 Å². The average Bonchev–Trinajstić information content (AvgIpc) is 2.35. The van der Waals surface area contributed by atoms with Crippen molar-refractivity contribution in [2.45, 2.75) is 13.8 Å². The molecule has 2 nitrogen and oxygen atoms in total. The van der Waals surface area contributed by atoms with Gasteiger partial charge in [0.15, 0.2) is 0 Å². The molecule has 0 aliphatic heterocycles. The van der Waals surface area contributed by atoms with Crippen molar-refractivity contribution in [2.75, 3.05) is 5.32 Å². The number of benzene rings is 2. The van der Waals surface area contributed by atoms with Crippen LogP contribution in [0.3, 0.4) is 0 Å². The third-order valence-electron chi connectivity index (χ3n) is 2.83. The quantitative estimate of drug-likeness (QED) is 0.836. The molecule has 0 amide bonds. The number of nitrogens with one attached hydrogen (secondary N) is 1. The number of thiocarbonyl (C=S) groups is 1. The summed E-state index contributed by atoms with van der Waals surface area (Å²) < 4.78 is 13.7. The molecule has 0 spiro atoms. The predicted molar refractivity (Wildman–Crippen MR) is 81.5 cm³/mol. The lowest BCUT2D eigenvalue weighted by molar-refractivity contribution is 0.631. The van der Waals surface area contributed by atoms with Crippen molar-refractivity contribution < 1.29 is 4.39 Å². The van der Waals surface area contributed by atoms with Crippen LogP contribution in [0, 0.1) is 19.7 Å². The molecule has 0 atom stereocenters. The van der Waals surface area contributed by atoms with Crippen LogP contribution in [0.5, 0.6) is 0 Å². The molecule has 0 fully saturated rings. The van der Waals surface area contributed by atoms with E-state index in [1.807, 2.05) is 32.0 Å². The number of anilines is 2. The molecule has 4 heteroatoms. The number of nitrogens with two attached hydrogens (primary N) is 1. The van der Waals surface area contributed by atoms with E-state index in [-0.39, 0.29) is 5.82 Å². The molecular weight excluding hydrogens is 259 g/mol. The Hall–Kier alpha value is -1.94. The van der Waals surface area contributed by atoms with Crippen LogP contribution in [-0.2, 0) is 0 Å². The largest absolute Gasteiger partial charge is 0.389 e. The van der Waals surface area contributed by atoms with Gasteiger partial charge in [-0.25, -0.2) is 4.39 Å². The third kappa shape index (κ3) is 3.09. The van der Waals surface area contributed by atoms with Gasteiger partial charge < -0.3 is 11.1 Å². The molecule has 19 heavy (non-hydrogen) atoms. The van der Waals surface area contributed by atoms with Crippen molar-refractivity contribution in [1.82, 2.24) is 0 Å². The molecule has 0 heterocycles. The van der Waals surface area contributed by atoms with Crippen molar-refractivity contribution >= 4 is 28.6 Å². The van der Waals surface area contributed by atoms with Crippen LogP contribution in [0.15, 0.2) is 36.4 Å². The Balaban J connectivity index is 2.43. The Labute approximate surface area is 117 Å². The Morgan fingerprint density at radius 3 is 2.37 bits per heavy atom. The zero-order chi connectivity index (χ0) is 14.0. The van der Waals surface area contributed by atoms with Gasteiger partial charge in [-0.2, -0.15) is 0 Å². The van der Waals surface area contributed by atoms with E-state index >= 15 is 0 Å². The molecule has 0 saturated heterocycles. The lowest BCUT2D eigenvalue weighted by Gasteiger charge is -2.13. The van der Waals surface area contributed by atoms with Crippen LogP contribution in [0.4, 0.5) is 15.8 Å². The average molecular weight is 274 g/mol. The van der Waals surface area contributed by atoms with E-state index < -0.39 is 0 Å². The maximum Gasteiger partial charge on any atom is 0.146 e. The summed E-state index contributed by atoms with van der Waals surface area (Å²) in [6, 6.07) is 10.6. The van der Waals surface area contributed by atoms with Gasteiger partial charge in [0.2, 0.25) is 0 Å².